The molecule has 0 saturated heterocycles. The molecule has 0 unspecified atom stereocenters. The van der Waals surface area contributed by atoms with Gasteiger partial charge in [0.2, 0.25) is 5.84 Å². The molecule has 4 aromatic rings. The standard InChI is InChI=1S/C26H21N7O2/c34-33(35)25-17-15-24(16-18-25)30-32-26(31-29-23-9-5-2-6-10-23)21-13-11-20(12-14-21)19-27-28-22-7-3-1-4-8-22/h1-19,28-29H/b27-19+,31-26?,32-30?. The Morgan fingerprint density at radius 3 is 1.94 bits per heavy atom. The fourth-order valence-electron chi connectivity index (χ4n) is 2.93. The van der Waals surface area contributed by atoms with Crippen LogP contribution in [0.15, 0.2) is 130 Å². The van der Waals surface area contributed by atoms with Gasteiger partial charge in [-0.15, -0.1) is 10.2 Å². The van der Waals surface area contributed by atoms with Crippen molar-refractivity contribution in [2.24, 2.45) is 20.4 Å². The molecular formula is C26H21N7O2. The summed E-state index contributed by atoms with van der Waals surface area (Å²) in [7, 11) is 0. The molecule has 4 rings (SSSR count). The number of hydrogen-bond acceptors (Lipinski definition) is 7. The van der Waals surface area contributed by atoms with E-state index < -0.39 is 4.92 Å². The summed E-state index contributed by atoms with van der Waals surface area (Å²) in [5.41, 5.74) is 9.73. The van der Waals surface area contributed by atoms with Crippen molar-refractivity contribution < 1.29 is 4.92 Å². The molecule has 0 bridgehead atoms. The van der Waals surface area contributed by atoms with E-state index in [1.54, 1.807) is 6.21 Å². The second-order valence-corrected chi connectivity index (χ2v) is 7.24. The molecule has 0 aliphatic heterocycles. The molecule has 0 spiro atoms. The van der Waals surface area contributed by atoms with Gasteiger partial charge < -0.3 is 0 Å². The van der Waals surface area contributed by atoms with E-state index in [4.69, 9.17) is 0 Å². The van der Waals surface area contributed by atoms with E-state index in [1.165, 1.54) is 24.3 Å². The van der Waals surface area contributed by atoms with Crippen LogP contribution in [0.25, 0.3) is 0 Å². The van der Waals surface area contributed by atoms with Crippen molar-refractivity contribution in [3.63, 3.8) is 0 Å². The second kappa shape index (κ2) is 11.6. The molecule has 0 amide bonds. The molecule has 0 aromatic heterocycles. The molecule has 35 heavy (non-hydrogen) atoms. The fraction of sp³-hybridized carbons (Fsp3) is 0. The lowest BCUT2D eigenvalue weighted by Gasteiger charge is -2.04. The van der Waals surface area contributed by atoms with E-state index in [9.17, 15) is 10.1 Å². The Morgan fingerprint density at radius 2 is 1.34 bits per heavy atom. The van der Waals surface area contributed by atoms with Crippen molar-refractivity contribution in [3.8, 4) is 0 Å². The van der Waals surface area contributed by atoms with Gasteiger partial charge in [0.25, 0.3) is 5.69 Å². The summed E-state index contributed by atoms with van der Waals surface area (Å²) in [5.74, 6) is 0.345. The van der Waals surface area contributed by atoms with Crippen molar-refractivity contribution >= 4 is 34.8 Å². The lowest BCUT2D eigenvalue weighted by Crippen LogP contribution is -2.01. The van der Waals surface area contributed by atoms with Gasteiger partial charge in [-0.3, -0.25) is 21.0 Å². The first-order valence-electron chi connectivity index (χ1n) is 10.7. The molecular weight excluding hydrogens is 442 g/mol. The highest BCUT2D eigenvalue weighted by Crippen LogP contribution is 2.19. The number of benzene rings is 4. The maximum Gasteiger partial charge on any atom is 0.269 e. The number of anilines is 2. The van der Waals surface area contributed by atoms with Crippen molar-refractivity contribution in [3.05, 3.63) is 130 Å². The molecule has 172 valence electrons. The Morgan fingerprint density at radius 1 is 0.743 bits per heavy atom. The predicted octanol–water partition coefficient (Wildman–Crippen LogP) is 6.60. The molecule has 0 atom stereocenters. The van der Waals surface area contributed by atoms with Crippen LogP contribution in [-0.4, -0.2) is 17.0 Å². The van der Waals surface area contributed by atoms with E-state index in [0.29, 0.717) is 11.5 Å². The topological polar surface area (TPSA) is 117 Å². The van der Waals surface area contributed by atoms with Crippen LogP contribution >= 0.6 is 0 Å². The van der Waals surface area contributed by atoms with Crippen LogP contribution in [-0.2, 0) is 0 Å². The van der Waals surface area contributed by atoms with Crippen LogP contribution in [0.5, 0.6) is 0 Å². The Hall–Kier alpha value is -5.18. The second-order valence-electron chi connectivity index (χ2n) is 7.24. The third-order valence-electron chi connectivity index (χ3n) is 4.74. The number of non-ortho nitro benzene ring substituents is 1. The monoisotopic (exact) mass is 463 g/mol. The number of hydrogen-bond donors (Lipinski definition) is 2. The van der Waals surface area contributed by atoms with Crippen LogP contribution in [0.4, 0.5) is 22.7 Å². The SMILES string of the molecule is O=[N+]([O-])c1ccc(N=NC(=NNc2ccccc2)c2ccc(/C=N/Nc3ccccc3)cc2)cc1. The van der Waals surface area contributed by atoms with Gasteiger partial charge in [-0.05, 0) is 42.0 Å². The van der Waals surface area contributed by atoms with Gasteiger partial charge in [-0.25, -0.2) is 0 Å². The van der Waals surface area contributed by atoms with Crippen LogP contribution in [0, 0.1) is 10.1 Å². The van der Waals surface area contributed by atoms with Gasteiger partial charge >= 0.3 is 0 Å². The van der Waals surface area contributed by atoms with Gasteiger partial charge in [0.15, 0.2) is 0 Å². The smallest absolute Gasteiger partial charge is 0.269 e. The third kappa shape index (κ3) is 6.90. The summed E-state index contributed by atoms with van der Waals surface area (Å²) in [6.45, 7) is 0. The minimum absolute atomic E-state index is 0.0115. The van der Waals surface area contributed by atoms with E-state index in [0.717, 1.165) is 22.5 Å². The maximum atomic E-state index is 10.9. The highest BCUT2D eigenvalue weighted by molar-refractivity contribution is 6.00. The number of nitro groups is 1. The van der Waals surface area contributed by atoms with Crippen LogP contribution in [0.1, 0.15) is 11.1 Å². The molecule has 0 aliphatic carbocycles. The zero-order valence-corrected chi connectivity index (χ0v) is 18.5. The van der Waals surface area contributed by atoms with Crippen molar-refractivity contribution in [1.29, 1.82) is 0 Å². The molecule has 0 radical (unpaired) electrons. The van der Waals surface area contributed by atoms with Crippen LogP contribution < -0.4 is 10.9 Å². The van der Waals surface area contributed by atoms with Gasteiger partial charge in [0.1, 0.15) is 0 Å². The van der Waals surface area contributed by atoms with Crippen molar-refractivity contribution in [1.82, 2.24) is 0 Å². The molecule has 4 aromatic carbocycles. The molecule has 9 heteroatoms. The van der Waals surface area contributed by atoms with E-state index in [-0.39, 0.29) is 5.69 Å². The zero-order chi connectivity index (χ0) is 24.3. The first-order valence-corrected chi connectivity index (χ1v) is 10.7. The number of hydrazone groups is 2. The van der Waals surface area contributed by atoms with E-state index in [1.807, 2.05) is 84.9 Å². The Bertz CT molecular complexity index is 1340. The number of nitro benzene ring substituents is 1. The van der Waals surface area contributed by atoms with Crippen LogP contribution in [0.3, 0.4) is 0 Å². The minimum Gasteiger partial charge on any atom is -0.279 e. The Kier molecular flexibility index (Phi) is 7.63. The lowest BCUT2D eigenvalue weighted by atomic mass is 10.1. The number of para-hydroxylation sites is 2. The molecule has 0 aliphatic rings. The van der Waals surface area contributed by atoms with Gasteiger partial charge in [0.05, 0.1) is 28.2 Å². The molecule has 0 fully saturated rings. The summed E-state index contributed by atoms with van der Waals surface area (Å²) >= 11 is 0. The Labute approximate surface area is 201 Å². The molecule has 0 heterocycles. The molecule has 2 N–H and O–H groups in total. The maximum absolute atomic E-state index is 10.9. The highest BCUT2D eigenvalue weighted by Gasteiger charge is 2.06. The van der Waals surface area contributed by atoms with Gasteiger partial charge in [0, 0.05) is 17.7 Å². The zero-order valence-electron chi connectivity index (χ0n) is 18.5. The first-order chi connectivity index (χ1) is 17.2. The largest absolute Gasteiger partial charge is 0.279 e. The normalized spacial score (nSPS) is 11.6. The minimum atomic E-state index is -0.460. The summed E-state index contributed by atoms with van der Waals surface area (Å²) in [5, 5.41) is 28.0. The van der Waals surface area contributed by atoms with Gasteiger partial charge in [-0.2, -0.15) is 10.2 Å². The summed E-state index contributed by atoms with van der Waals surface area (Å²) in [6, 6.07) is 32.5. The summed E-state index contributed by atoms with van der Waals surface area (Å²) in [4.78, 5) is 10.4. The number of amidine groups is 1. The van der Waals surface area contributed by atoms with E-state index in [2.05, 4.69) is 31.3 Å². The fourth-order valence-corrected chi connectivity index (χ4v) is 2.93. The number of nitrogens with one attached hydrogen (secondary N) is 2. The van der Waals surface area contributed by atoms with Crippen molar-refractivity contribution in [2.75, 3.05) is 10.9 Å². The quantitative estimate of drug-likeness (QED) is 0.101. The molecule has 0 saturated carbocycles. The lowest BCUT2D eigenvalue weighted by molar-refractivity contribution is -0.384. The number of rotatable bonds is 8. The average Bonchev–Trinajstić information content (AvgIpc) is 2.91. The van der Waals surface area contributed by atoms with Gasteiger partial charge in [-0.1, -0.05) is 60.7 Å². The molecule has 9 nitrogen and oxygen atoms in total. The van der Waals surface area contributed by atoms with Crippen LogP contribution in [0.2, 0.25) is 0 Å². The number of azo groups is 1. The average molecular weight is 464 g/mol. The van der Waals surface area contributed by atoms with Crippen molar-refractivity contribution in [2.45, 2.75) is 0 Å². The first kappa shape index (κ1) is 23.0. The Balaban J connectivity index is 1.52. The van der Waals surface area contributed by atoms with E-state index >= 15 is 0 Å². The summed E-state index contributed by atoms with van der Waals surface area (Å²) in [6.07, 6.45) is 1.72. The highest BCUT2D eigenvalue weighted by atomic mass is 16.6. The predicted molar refractivity (Wildman–Crippen MR) is 138 cm³/mol. The third-order valence-corrected chi connectivity index (χ3v) is 4.74. The number of nitrogens with zero attached hydrogens (tertiary/aromatic N) is 5. The summed E-state index contributed by atoms with van der Waals surface area (Å²) < 4.78 is 0.